The van der Waals surface area contributed by atoms with Crippen LogP contribution in [-0.2, 0) is 0 Å². The molecular weight excluding hydrogens is 502 g/mol. The molecule has 206 valence electrons. The number of rotatable bonds is 7. The predicted molar refractivity (Wildman–Crippen MR) is 147 cm³/mol. The molecule has 1 aromatic carbocycles. The average molecular weight is 537 g/mol. The molecule has 11 heteroatoms. The normalized spacial score (nSPS) is 16.6. The molecule has 4 N–H and O–H groups in total. The third kappa shape index (κ3) is 5.21. The monoisotopic (exact) mass is 536 g/mol. The molecule has 1 aliphatic rings. The van der Waals surface area contributed by atoms with Crippen molar-refractivity contribution >= 4 is 22.8 Å². The molecular formula is C28H34F2N8O. The summed E-state index contributed by atoms with van der Waals surface area (Å²) in [7, 11) is 0. The van der Waals surface area contributed by atoms with Crippen LogP contribution in [0.1, 0.15) is 57.1 Å². The molecule has 0 amide bonds. The van der Waals surface area contributed by atoms with Crippen LogP contribution in [0.25, 0.3) is 22.3 Å². The van der Waals surface area contributed by atoms with Gasteiger partial charge in [-0.15, -0.1) is 0 Å². The van der Waals surface area contributed by atoms with Crippen LogP contribution in [0, 0.1) is 18.6 Å². The zero-order valence-electron chi connectivity index (χ0n) is 22.6. The minimum atomic E-state index is -0.848. The summed E-state index contributed by atoms with van der Waals surface area (Å²) in [6, 6.07) is 6.41. The highest BCUT2D eigenvalue weighted by Crippen LogP contribution is 2.33. The average Bonchev–Trinajstić information content (AvgIpc) is 3.27. The maximum atomic E-state index is 15.0. The van der Waals surface area contributed by atoms with Crippen LogP contribution in [0.4, 0.5) is 20.5 Å². The Bertz CT molecular complexity index is 1480. The summed E-state index contributed by atoms with van der Waals surface area (Å²) in [5.41, 5.74) is 7.51. The molecule has 1 aliphatic heterocycles. The van der Waals surface area contributed by atoms with E-state index >= 15 is 0 Å². The van der Waals surface area contributed by atoms with Gasteiger partial charge in [-0.05, 0) is 71.4 Å². The largest absolute Gasteiger partial charge is 0.386 e. The van der Waals surface area contributed by atoms with Crippen molar-refractivity contribution in [2.75, 3.05) is 25.0 Å². The maximum absolute atomic E-state index is 15.0. The van der Waals surface area contributed by atoms with Crippen molar-refractivity contribution in [1.82, 2.24) is 29.4 Å². The summed E-state index contributed by atoms with van der Waals surface area (Å²) in [6.45, 7) is 10.5. The number of imidazole rings is 1. The smallest absolute Gasteiger partial charge is 0.229 e. The number of aliphatic hydroxyl groups excluding tert-OH is 1. The number of hydrogen-bond acceptors (Lipinski definition) is 8. The van der Waals surface area contributed by atoms with Crippen molar-refractivity contribution in [3.05, 3.63) is 59.7 Å². The third-order valence-electron chi connectivity index (χ3n) is 7.58. The van der Waals surface area contributed by atoms with Gasteiger partial charge in [0.1, 0.15) is 22.9 Å². The van der Waals surface area contributed by atoms with E-state index in [-0.39, 0.29) is 28.8 Å². The van der Waals surface area contributed by atoms with Gasteiger partial charge in [0.2, 0.25) is 5.95 Å². The molecule has 4 heterocycles. The van der Waals surface area contributed by atoms with Gasteiger partial charge >= 0.3 is 0 Å². The van der Waals surface area contributed by atoms with Crippen LogP contribution in [0.5, 0.6) is 0 Å². The first-order valence-corrected chi connectivity index (χ1v) is 13.2. The number of nitrogens with one attached hydrogen (secondary N) is 1. The quantitative estimate of drug-likeness (QED) is 0.313. The Morgan fingerprint density at radius 2 is 1.82 bits per heavy atom. The van der Waals surface area contributed by atoms with Gasteiger partial charge in [-0.2, -0.15) is 0 Å². The van der Waals surface area contributed by atoms with Crippen LogP contribution in [0.3, 0.4) is 0 Å². The lowest BCUT2D eigenvalue weighted by atomic mass is 9.80. The van der Waals surface area contributed by atoms with Gasteiger partial charge in [0.05, 0.1) is 17.8 Å². The maximum Gasteiger partial charge on any atom is 0.229 e. The summed E-state index contributed by atoms with van der Waals surface area (Å²) in [5, 5.41) is 13.9. The summed E-state index contributed by atoms with van der Waals surface area (Å²) >= 11 is 0. The summed E-state index contributed by atoms with van der Waals surface area (Å²) in [4.78, 5) is 19.4. The molecule has 0 radical (unpaired) electrons. The van der Waals surface area contributed by atoms with E-state index in [4.69, 9.17) is 5.73 Å². The number of hydrogen-bond donors (Lipinski definition) is 3. The van der Waals surface area contributed by atoms with Crippen molar-refractivity contribution in [3.8, 4) is 11.3 Å². The Balaban J connectivity index is 1.38. The number of nitrogens with zero attached hydrogens (tertiary/aromatic N) is 6. The number of nitrogens with two attached hydrogens (primary N) is 1. The van der Waals surface area contributed by atoms with Gasteiger partial charge in [0.25, 0.3) is 0 Å². The molecule has 0 spiro atoms. The molecule has 1 saturated heterocycles. The number of pyridine rings is 1. The number of aryl methyl sites for hydroxylation is 1. The van der Waals surface area contributed by atoms with Crippen LogP contribution in [0.2, 0.25) is 0 Å². The lowest BCUT2D eigenvalue weighted by molar-refractivity contribution is 0.0359. The standard InChI is InChI=1S/C28H34F2N8O/c1-5-37-10-8-28(31,9-11-37)26(39)18-6-7-23(32-14-18)35-27-33-15-21(30)24(36-27)19-12-20(29)25-22(13-19)38(16(2)3)17(4)34-25/h6-7,12-16,26,39H,5,8-11,31H2,1-4H3,(H,32,33,35,36). The fraction of sp³-hybridized carbons (Fsp3) is 0.429. The fourth-order valence-corrected chi connectivity index (χ4v) is 5.33. The number of benzene rings is 1. The number of piperidine rings is 1. The van der Waals surface area contributed by atoms with Gasteiger partial charge in [-0.1, -0.05) is 13.0 Å². The SMILES string of the molecule is CCN1CCC(N)(C(O)c2ccc(Nc3ncc(F)c(-c4cc(F)c5nc(C)n(C(C)C)c5c4)n3)nc2)CC1. The molecule has 1 atom stereocenters. The molecule has 5 rings (SSSR count). The second-order valence-electron chi connectivity index (χ2n) is 10.5. The van der Waals surface area contributed by atoms with Gasteiger partial charge in [0, 0.05) is 28.9 Å². The molecule has 9 nitrogen and oxygen atoms in total. The second-order valence-corrected chi connectivity index (χ2v) is 10.5. The first-order valence-electron chi connectivity index (χ1n) is 13.2. The first-order chi connectivity index (χ1) is 18.6. The molecule has 1 fully saturated rings. The fourth-order valence-electron chi connectivity index (χ4n) is 5.33. The highest BCUT2D eigenvalue weighted by molar-refractivity contribution is 5.83. The zero-order valence-corrected chi connectivity index (χ0v) is 22.6. The lowest BCUT2D eigenvalue weighted by Gasteiger charge is -2.41. The number of aromatic nitrogens is 5. The van der Waals surface area contributed by atoms with Crippen LogP contribution in [0.15, 0.2) is 36.7 Å². The molecule has 0 saturated carbocycles. The van der Waals surface area contributed by atoms with Crippen LogP contribution < -0.4 is 11.1 Å². The van der Waals surface area contributed by atoms with E-state index < -0.39 is 23.3 Å². The highest BCUT2D eigenvalue weighted by atomic mass is 19.1. The number of anilines is 2. The first kappa shape index (κ1) is 27.0. The van der Waals surface area contributed by atoms with Gasteiger partial charge in [-0.25, -0.2) is 28.7 Å². The van der Waals surface area contributed by atoms with E-state index in [9.17, 15) is 13.9 Å². The Labute approximate surface area is 226 Å². The van der Waals surface area contributed by atoms with Gasteiger partial charge in [0.15, 0.2) is 11.6 Å². The Kier molecular flexibility index (Phi) is 7.32. The van der Waals surface area contributed by atoms with Crippen molar-refractivity contribution in [3.63, 3.8) is 0 Å². The summed E-state index contributed by atoms with van der Waals surface area (Å²) < 4.78 is 31.7. The molecule has 39 heavy (non-hydrogen) atoms. The molecule has 0 aliphatic carbocycles. The zero-order chi connectivity index (χ0) is 27.9. The minimum absolute atomic E-state index is 0.0435. The Morgan fingerprint density at radius 1 is 1.08 bits per heavy atom. The second kappa shape index (κ2) is 10.6. The van der Waals surface area contributed by atoms with Gasteiger partial charge in [-0.3, -0.25) is 0 Å². The molecule has 4 aromatic rings. The van der Waals surface area contributed by atoms with Crippen molar-refractivity contribution in [2.24, 2.45) is 5.73 Å². The highest BCUT2D eigenvalue weighted by Gasteiger charge is 2.38. The van der Waals surface area contributed by atoms with E-state index in [1.165, 1.54) is 6.07 Å². The van der Waals surface area contributed by atoms with E-state index in [1.54, 1.807) is 24.4 Å². The third-order valence-corrected chi connectivity index (χ3v) is 7.58. The molecule has 0 bridgehead atoms. The van der Waals surface area contributed by atoms with E-state index in [1.807, 2.05) is 25.3 Å². The Morgan fingerprint density at radius 3 is 2.46 bits per heavy atom. The van der Waals surface area contributed by atoms with Gasteiger partial charge < -0.3 is 25.6 Å². The topological polar surface area (TPSA) is 118 Å². The van der Waals surface area contributed by atoms with E-state index in [0.717, 1.165) is 25.8 Å². The van der Waals surface area contributed by atoms with Crippen molar-refractivity contribution < 1.29 is 13.9 Å². The number of likely N-dealkylation sites (tertiary alicyclic amines) is 1. The number of fused-ring (bicyclic) bond motifs is 1. The molecule has 1 unspecified atom stereocenters. The lowest BCUT2D eigenvalue weighted by Crippen LogP contribution is -2.54. The van der Waals surface area contributed by atoms with E-state index in [0.29, 0.717) is 35.6 Å². The Hall–Kier alpha value is -3.54. The minimum Gasteiger partial charge on any atom is -0.386 e. The summed E-state index contributed by atoms with van der Waals surface area (Å²) in [5.74, 6) is -0.0472. The van der Waals surface area contributed by atoms with Crippen molar-refractivity contribution in [2.45, 2.75) is 58.2 Å². The number of halogens is 2. The number of aliphatic hydroxyl groups is 1. The predicted octanol–water partition coefficient (Wildman–Crippen LogP) is 4.65. The van der Waals surface area contributed by atoms with Crippen LogP contribution >= 0.6 is 0 Å². The van der Waals surface area contributed by atoms with Crippen molar-refractivity contribution in [1.29, 1.82) is 0 Å². The summed E-state index contributed by atoms with van der Waals surface area (Å²) in [6.07, 6.45) is 3.14. The molecule has 3 aromatic heterocycles. The van der Waals surface area contributed by atoms with Crippen LogP contribution in [-0.4, -0.2) is 59.7 Å². The van der Waals surface area contributed by atoms with E-state index in [2.05, 4.69) is 37.1 Å².